The molecule has 3 unspecified atom stereocenters. The smallest absolute Gasteiger partial charge is 0.303 e. The summed E-state index contributed by atoms with van der Waals surface area (Å²) in [5.41, 5.74) is -0.919. The van der Waals surface area contributed by atoms with Crippen molar-refractivity contribution >= 4 is 11.8 Å². The topological polar surface area (TPSA) is 98.4 Å². The normalized spacial score (nSPS) is 25.1. The number of carboxylic acids is 1. The highest BCUT2D eigenvalue weighted by atomic mass is 16.4. The zero-order valence-electron chi connectivity index (χ0n) is 16.6. The molecule has 4 atom stereocenters. The Labute approximate surface area is 162 Å². The number of aliphatic carboxylic acids is 1. The van der Waals surface area contributed by atoms with E-state index in [0.717, 1.165) is 19.3 Å². The molecule has 5 heteroatoms. The highest BCUT2D eigenvalue weighted by Gasteiger charge is 2.40. The molecular weight excluding hydrogens is 342 g/mol. The van der Waals surface area contributed by atoms with Crippen molar-refractivity contribution < 1.29 is 19.8 Å². The molecule has 5 nitrogen and oxygen atoms in total. The van der Waals surface area contributed by atoms with Crippen molar-refractivity contribution in [2.75, 3.05) is 0 Å². The quantitative estimate of drug-likeness (QED) is 0.388. The van der Waals surface area contributed by atoms with Gasteiger partial charge >= 0.3 is 5.97 Å². The Bertz CT molecular complexity index is 586. The number of hydrogen-bond acceptors (Lipinski definition) is 4. The molecule has 0 saturated heterocycles. The Kier molecular flexibility index (Phi) is 10.0. The van der Waals surface area contributed by atoms with Gasteiger partial charge in [0.15, 0.2) is 0 Å². The van der Waals surface area contributed by atoms with Gasteiger partial charge in [-0.25, -0.2) is 0 Å². The first kappa shape index (κ1) is 23.1. The number of rotatable bonds is 12. The number of nitriles is 1. The van der Waals surface area contributed by atoms with Crippen molar-refractivity contribution in [1.29, 1.82) is 5.26 Å². The minimum Gasteiger partial charge on any atom is -0.481 e. The molecule has 1 aliphatic rings. The summed E-state index contributed by atoms with van der Waals surface area (Å²) in [6, 6.07) is 2.24. The average molecular weight is 376 g/mol. The van der Waals surface area contributed by atoms with E-state index in [-0.39, 0.29) is 36.4 Å². The molecule has 1 saturated carbocycles. The molecule has 0 spiro atoms. The number of unbranched alkanes of at least 4 members (excludes halogenated alkanes) is 3. The van der Waals surface area contributed by atoms with Crippen LogP contribution in [0, 0.1) is 29.1 Å². The summed E-state index contributed by atoms with van der Waals surface area (Å²) in [6.07, 6.45) is 13.5. The number of nitrogens with zero attached hydrogens (tertiary/aromatic N) is 1. The van der Waals surface area contributed by atoms with Crippen molar-refractivity contribution in [2.45, 2.75) is 77.2 Å². The van der Waals surface area contributed by atoms with Crippen LogP contribution in [0.2, 0.25) is 0 Å². The third-order valence-electron chi connectivity index (χ3n) is 5.21. The molecule has 0 radical (unpaired) electrons. The van der Waals surface area contributed by atoms with E-state index in [4.69, 9.17) is 5.11 Å². The van der Waals surface area contributed by atoms with Crippen LogP contribution in [0.25, 0.3) is 0 Å². The molecule has 0 aromatic carbocycles. The van der Waals surface area contributed by atoms with Gasteiger partial charge < -0.3 is 10.2 Å². The Hall–Kier alpha value is -1.93. The number of Topliss-reactive ketones (excluding diaryl/α,β-unsaturated/α-hetero) is 1. The lowest BCUT2D eigenvalue weighted by molar-refractivity contribution is -0.137. The summed E-state index contributed by atoms with van der Waals surface area (Å²) in [7, 11) is 0. The first-order valence-corrected chi connectivity index (χ1v) is 10.0. The van der Waals surface area contributed by atoms with Gasteiger partial charge in [0.2, 0.25) is 0 Å². The van der Waals surface area contributed by atoms with Gasteiger partial charge in [-0.05, 0) is 32.6 Å². The van der Waals surface area contributed by atoms with Crippen LogP contribution in [-0.2, 0) is 9.59 Å². The predicted molar refractivity (Wildman–Crippen MR) is 105 cm³/mol. The lowest BCUT2D eigenvalue weighted by atomic mass is 9.85. The number of carbonyl (C=O) groups excluding carboxylic acids is 1. The number of hydrogen-bond donors (Lipinski definition) is 2. The zero-order chi connectivity index (χ0) is 20.3. The van der Waals surface area contributed by atoms with E-state index < -0.39 is 11.6 Å². The van der Waals surface area contributed by atoms with Crippen molar-refractivity contribution in [2.24, 2.45) is 17.8 Å². The van der Waals surface area contributed by atoms with Gasteiger partial charge in [0, 0.05) is 24.7 Å². The third-order valence-corrected chi connectivity index (χ3v) is 5.21. The molecule has 0 aliphatic heterocycles. The standard InChI is InChI=1S/C22H33NO4/c1-3-4-9-13-22(2,27)14-12-18-17(16-23)15-20(24)19(18)10-7-5-6-8-11-21(25)26/h5,7,12,14,17-19,27H,3-4,6,8-11,13,15H2,1-2H3,(H,25,26)/t17-,18?,19?,22?/m1/s1. The molecule has 0 heterocycles. The van der Waals surface area contributed by atoms with Crippen molar-refractivity contribution in [3.05, 3.63) is 24.3 Å². The van der Waals surface area contributed by atoms with Crippen molar-refractivity contribution in [1.82, 2.24) is 0 Å². The summed E-state index contributed by atoms with van der Waals surface area (Å²) in [6.45, 7) is 3.89. The molecule has 1 aliphatic carbocycles. The van der Waals surface area contributed by atoms with E-state index in [1.54, 1.807) is 13.0 Å². The monoisotopic (exact) mass is 375 g/mol. The maximum atomic E-state index is 12.3. The minimum atomic E-state index is -0.919. The molecular formula is C22H33NO4. The first-order valence-electron chi connectivity index (χ1n) is 10.0. The van der Waals surface area contributed by atoms with E-state index in [0.29, 0.717) is 25.7 Å². The number of aliphatic hydroxyl groups is 1. The third kappa shape index (κ3) is 8.53. The van der Waals surface area contributed by atoms with Crippen LogP contribution in [0.15, 0.2) is 24.3 Å². The Morgan fingerprint density at radius 3 is 2.70 bits per heavy atom. The maximum absolute atomic E-state index is 12.3. The Morgan fingerprint density at radius 1 is 1.33 bits per heavy atom. The maximum Gasteiger partial charge on any atom is 0.303 e. The number of allylic oxidation sites excluding steroid dienone is 3. The van der Waals surface area contributed by atoms with Gasteiger partial charge in [0.25, 0.3) is 0 Å². The first-order chi connectivity index (χ1) is 12.8. The summed E-state index contributed by atoms with van der Waals surface area (Å²) >= 11 is 0. The average Bonchev–Trinajstić information content (AvgIpc) is 2.91. The molecule has 0 bridgehead atoms. The van der Waals surface area contributed by atoms with E-state index in [1.165, 1.54) is 0 Å². The number of carboxylic acid groups (broad SMARTS) is 1. The molecule has 2 N–H and O–H groups in total. The molecule has 1 rings (SSSR count). The van der Waals surface area contributed by atoms with E-state index in [2.05, 4.69) is 13.0 Å². The molecule has 0 aromatic heterocycles. The molecule has 0 aromatic rings. The van der Waals surface area contributed by atoms with Gasteiger partial charge in [0.05, 0.1) is 17.6 Å². The minimum absolute atomic E-state index is 0.0945. The van der Waals surface area contributed by atoms with Crippen LogP contribution < -0.4 is 0 Å². The van der Waals surface area contributed by atoms with Gasteiger partial charge in [0.1, 0.15) is 5.78 Å². The van der Waals surface area contributed by atoms with Crippen LogP contribution >= 0.6 is 0 Å². The second-order valence-electron chi connectivity index (χ2n) is 7.76. The van der Waals surface area contributed by atoms with Gasteiger partial charge in [-0.15, -0.1) is 0 Å². The fraction of sp³-hybridized carbons (Fsp3) is 0.682. The fourth-order valence-electron chi connectivity index (χ4n) is 3.55. The summed E-state index contributed by atoms with van der Waals surface area (Å²) in [5.74, 6) is -1.47. The molecule has 0 amide bonds. The van der Waals surface area contributed by atoms with Crippen LogP contribution in [-0.4, -0.2) is 27.6 Å². The van der Waals surface area contributed by atoms with Gasteiger partial charge in [-0.3, -0.25) is 9.59 Å². The lowest BCUT2D eigenvalue weighted by Crippen LogP contribution is -2.22. The summed E-state index contributed by atoms with van der Waals surface area (Å²) in [4.78, 5) is 22.8. The molecule has 27 heavy (non-hydrogen) atoms. The van der Waals surface area contributed by atoms with E-state index >= 15 is 0 Å². The Balaban J connectivity index is 2.68. The Morgan fingerprint density at radius 2 is 2.07 bits per heavy atom. The fourth-order valence-corrected chi connectivity index (χ4v) is 3.55. The largest absolute Gasteiger partial charge is 0.481 e. The van der Waals surface area contributed by atoms with E-state index in [9.17, 15) is 20.0 Å². The molecule has 150 valence electrons. The SMILES string of the molecule is CCCCCC(C)(O)C=CC1C(CC=CCCCC(=O)O)C(=O)C[C@@H]1C#N. The summed E-state index contributed by atoms with van der Waals surface area (Å²) < 4.78 is 0. The second kappa shape index (κ2) is 11.7. The van der Waals surface area contributed by atoms with Crippen LogP contribution in [0.5, 0.6) is 0 Å². The number of carbonyl (C=O) groups is 2. The second-order valence-corrected chi connectivity index (χ2v) is 7.76. The highest BCUT2D eigenvalue weighted by molar-refractivity contribution is 5.85. The van der Waals surface area contributed by atoms with Crippen LogP contribution in [0.1, 0.15) is 71.6 Å². The van der Waals surface area contributed by atoms with Crippen LogP contribution in [0.3, 0.4) is 0 Å². The zero-order valence-corrected chi connectivity index (χ0v) is 16.6. The lowest BCUT2D eigenvalue weighted by Gasteiger charge is -2.21. The summed E-state index contributed by atoms with van der Waals surface area (Å²) in [5, 5.41) is 28.5. The van der Waals surface area contributed by atoms with E-state index in [1.807, 2.05) is 18.2 Å². The molecule has 1 fully saturated rings. The number of ketones is 1. The highest BCUT2D eigenvalue weighted by Crippen LogP contribution is 2.38. The predicted octanol–water partition coefficient (Wildman–Crippen LogP) is 4.42. The van der Waals surface area contributed by atoms with Gasteiger partial charge in [-0.2, -0.15) is 5.26 Å². The van der Waals surface area contributed by atoms with Crippen molar-refractivity contribution in [3.63, 3.8) is 0 Å². The van der Waals surface area contributed by atoms with Crippen LogP contribution in [0.4, 0.5) is 0 Å². The van der Waals surface area contributed by atoms with Gasteiger partial charge in [-0.1, -0.05) is 50.5 Å². The van der Waals surface area contributed by atoms with Crippen molar-refractivity contribution in [3.8, 4) is 6.07 Å².